The number of hydrogen-bond donors (Lipinski definition) is 2. The Bertz CT molecular complexity index is 950. The van der Waals surface area contributed by atoms with Gasteiger partial charge in [-0.05, 0) is 29.8 Å². The first-order chi connectivity index (χ1) is 12.6. The number of fused-ring (bicyclic) bond motifs is 1. The average molecular weight is 350 g/mol. The molecule has 1 atom stereocenters. The number of benzene rings is 2. The molecule has 132 valence electrons. The summed E-state index contributed by atoms with van der Waals surface area (Å²) in [7, 11) is 1.54. The highest BCUT2D eigenvalue weighted by molar-refractivity contribution is 6.06. The number of hydrogen-bond acceptors (Lipinski definition) is 4. The zero-order valence-electron chi connectivity index (χ0n) is 14.2. The third kappa shape index (κ3) is 3.80. The second-order valence-electron chi connectivity index (χ2n) is 5.80. The van der Waals surface area contributed by atoms with Crippen LogP contribution in [0.5, 0.6) is 5.75 Å². The average Bonchev–Trinajstić information content (AvgIpc) is 2.67. The summed E-state index contributed by atoms with van der Waals surface area (Å²) in [6.07, 6.45) is 1.75. The van der Waals surface area contributed by atoms with E-state index in [-0.39, 0.29) is 6.42 Å². The van der Waals surface area contributed by atoms with E-state index in [2.05, 4.69) is 10.3 Å². The predicted molar refractivity (Wildman–Crippen MR) is 97.3 cm³/mol. The van der Waals surface area contributed by atoms with E-state index in [1.807, 2.05) is 12.1 Å². The highest BCUT2D eigenvalue weighted by atomic mass is 16.5. The number of amides is 1. The topological polar surface area (TPSA) is 88.5 Å². The van der Waals surface area contributed by atoms with Gasteiger partial charge in [-0.25, -0.2) is 4.79 Å². The SMILES string of the molecule is COc1cccc(C[C@H](NC(=O)c2cccc3cccnc23)C(=O)O)c1. The van der Waals surface area contributed by atoms with Crippen LogP contribution < -0.4 is 10.1 Å². The van der Waals surface area contributed by atoms with Crippen molar-refractivity contribution in [1.29, 1.82) is 0 Å². The number of carboxylic acids is 1. The first-order valence-corrected chi connectivity index (χ1v) is 8.09. The molecule has 0 fully saturated rings. The molecule has 0 saturated heterocycles. The van der Waals surface area contributed by atoms with Crippen LogP contribution in [0.3, 0.4) is 0 Å². The van der Waals surface area contributed by atoms with Gasteiger partial charge in [0.05, 0.1) is 18.2 Å². The highest BCUT2D eigenvalue weighted by Gasteiger charge is 2.22. The normalized spacial score (nSPS) is 11.7. The van der Waals surface area contributed by atoms with E-state index in [1.165, 1.54) is 0 Å². The number of carboxylic acid groups (broad SMARTS) is 1. The summed E-state index contributed by atoms with van der Waals surface area (Å²) in [4.78, 5) is 28.5. The molecular weight excluding hydrogens is 332 g/mol. The zero-order chi connectivity index (χ0) is 18.5. The van der Waals surface area contributed by atoms with Gasteiger partial charge in [-0.1, -0.05) is 30.3 Å². The molecule has 3 aromatic rings. The minimum atomic E-state index is -1.10. The lowest BCUT2D eigenvalue weighted by Crippen LogP contribution is -2.42. The van der Waals surface area contributed by atoms with Gasteiger partial charge >= 0.3 is 5.97 Å². The van der Waals surface area contributed by atoms with Crippen LogP contribution in [0.15, 0.2) is 60.8 Å². The monoisotopic (exact) mass is 350 g/mol. The molecular formula is C20H18N2O4. The maximum Gasteiger partial charge on any atom is 0.326 e. The summed E-state index contributed by atoms with van der Waals surface area (Å²) in [5.41, 5.74) is 1.64. The Labute approximate surface area is 150 Å². The fourth-order valence-electron chi connectivity index (χ4n) is 2.76. The molecule has 0 aliphatic heterocycles. The van der Waals surface area contributed by atoms with Crippen LogP contribution in [0.1, 0.15) is 15.9 Å². The predicted octanol–water partition coefficient (Wildman–Crippen LogP) is 2.67. The van der Waals surface area contributed by atoms with Gasteiger partial charge in [0.25, 0.3) is 5.91 Å². The fourth-order valence-corrected chi connectivity index (χ4v) is 2.76. The van der Waals surface area contributed by atoms with Crippen molar-refractivity contribution in [1.82, 2.24) is 10.3 Å². The van der Waals surface area contributed by atoms with Crippen LogP contribution in [0, 0.1) is 0 Å². The Kier molecular flexibility index (Phi) is 5.12. The number of nitrogens with zero attached hydrogens (tertiary/aromatic N) is 1. The number of nitrogens with one attached hydrogen (secondary N) is 1. The molecule has 1 heterocycles. The third-order valence-electron chi connectivity index (χ3n) is 4.05. The third-order valence-corrected chi connectivity index (χ3v) is 4.05. The summed E-state index contributed by atoms with van der Waals surface area (Å²) < 4.78 is 5.15. The van der Waals surface area contributed by atoms with Crippen molar-refractivity contribution < 1.29 is 19.4 Å². The summed E-state index contributed by atoms with van der Waals surface area (Å²) >= 11 is 0. The standard InChI is InChI=1S/C20H18N2O4/c1-26-15-8-2-5-13(11-15)12-17(20(24)25)22-19(23)16-9-3-6-14-7-4-10-21-18(14)16/h2-11,17H,12H2,1H3,(H,22,23)(H,24,25)/t17-/m0/s1. The maximum atomic E-state index is 12.6. The number of carbonyl (C=O) groups is 2. The van der Waals surface area contributed by atoms with Crippen molar-refractivity contribution in [2.75, 3.05) is 7.11 Å². The van der Waals surface area contributed by atoms with E-state index in [1.54, 1.807) is 55.8 Å². The molecule has 3 rings (SSSR count). The van der Waals surface area contributed by atoms with Crippen molar-refractivity contribution >= 4 is 22.8 Å². The van der Waals surface area contributed by atoms with Gasteiger partial charge in [-0.2, -0.15) is 0 Å². The second-order valence-corrected chi connectivity index (χ2v) is 5.80. The molecule has 26 heavy (non-hydrogen) atoms. The van der Waals surface area contributed by atoms with Gasteiger partial charge in [0, 0.05) is 18.0 Å². The Hall–Kier alpha value is -3.41. The van der Waals surface area contributed by atoms with E-state index in [9.17, 15) is 14.7 Å². The molecule has 0 bridgehead atoms. The number of ether oxygens (including phenoxy) is 1. The molecule has 0 spiro atoms. The van der Waals surface area contributed by atoms with Crippen molar-refractivity contribution in [2.45, 2.75) is 12.5 Å². The van der Waals surface area contributed by atoms with Gasteiger partial charge in [0.2, 0.25) is 0 Å². The number of aromatic nitrogens is 1. The minimum absolute atomic E-state index is 0.149. The minimum Gasteiger partial charge on any atom is -0.497 e. The quantitative estimate of drug-likeness (QED) is 0.713. The Morgan fingerprint density at radius 1 is 1.15 bits per heavy atom. The molecule has 1 aromatic heterocycles. The van der Waals surface area contributed by atoms with Crippen molar-refractivity contribution in [2.24, 2.45) is 0 Å². The number of methoxy groups -OCH3 is 1. The van der Waals surface area contributed by atoms with E-state index >= 15 is 0 Å². The molecule has 1 amide bonds. The summed E-state index contributed by atoms with van der Waals surface area (Å²) in [6, 6.07) is 14.9. The van der Waals surface area contributed by atoms with E-state index < -0.39 is 17.9 Å². The molecule has 6 heteroatoms. The number of rotatable bonds is 6. The number of pyridine rings is 1. The summed E-state index contributed by atoms with van der Waals surface area (Å²) in [5, 5.41) is 12.9. The van der Waals surface area contributed by atoms with E-state index in [0.717, 1.165) is 10.9 Å². The first-order valence-electron chi connectivity index (χ1n) is 8.09. The smallest absolute Gasteiger partial charge is 0.326 e. The van der Waals surface area contributed by atoms with Gasteiger partial charge in [0.1, 0.15) is 11.8 Å². The van der Waals surface area contributed by atoms with Gasteiger partial charge in [-0.3, -0.25) is 9.78 Å². The summed E-state index contributed by atoms with van der Waals surface area (Å²) in [6.45, 7) is 0. The fraction of sp³-hybridized carbons (Fsp3) is 0.150. The molecule has 6 nitrogen and oxygen atoms in total. The number of aliphatic carboxylic acids is 1. The lowest BCUT2D eigenvalue weighted by molar-refractivity contribution is -0.139. The lowest BCUT2D eigenvalue weighted by atomic mass is 10.0. The Morgan fingerprint density at radius 3 is 2.69 bits per heavy atom. The molecule has 0 radical (unpaired) electrons. The highest BCUT2D eigenvalue weighted by Crippen LogP contribution is 2.17. The zero-order valence-corrected chi connectivity index (χ0v) is 14.2. The van der Waals surface area contributed by atoms with Crippen LogP contribution in [0.2, 0.25) is 0 Å². The summed E-state index contributed by atoms with van der Waals surface area (Å²) in [5.74, 6) is -0.935. The number of carbonyl (C=O) groups excluding carboxylic acids is 1. The molecule has 0 unspecified atom stereocenters. The van der Waals surface area contributed by atoms with Gasteiger partial charge in [-0.15, -0.1) is 0 Å². The van der Waals surface area contributed by atoms with Crippen LogP contribution in [-0.2, 0) is 11.2 Å². The largest absolute Gasteiger partial charge is 0.497 e. The van der Waals surface area contributed by atoms with E-state index in [0.29, 0.717) is 16.8 Å². The molecule has 2 N–H and O–H groups in total. The first kappa shape index (κ1) is 17.4. The van der Waals surface area contributed by atoms with Crippen molar-refractivity contribution in [3.8, 4) is 5.75 Å². The lowest BCUT2D eigenvalue weighted by Gasteiger charge is -2.16. The maximum absolute atomic E-state index is 12.6. The van der Waals surface area contributed by atoms with Crippen molar-refractivity contribution in [3.63, 3.8) is 0 Å². The van der Waals surface area contributed by atoms with Crippen LogP contribution in [0.25, 0.3) is 10.9 Å². The molecule has 0 aliphatic carbocycles. The van der Waals surface area contributed by atoms with Gasteiger partial charge < -0.3 is 15.2 Å². The Morgan fingerprint density at radius 2 is 1.92 bits per heavy atom. The second kappa shape index (κ2) is 7.65. The molecule has 0 saturated carbocycles. The Balaban J connectivity index is 1.83. The van der Waals surface area contributed by atoms with Crippen molar-refractivity contribution in [3.05, 3.63) is 71.9 Å². The van der Waals surface area contributed by atoms with Crippen LogP contribution >= 0.6 is 0 Å². The van der Waals surface area contributed by atoms with Gasteiger partial charge in [0.15, 0.2) is 0 Å². The van der Waals surface area contributed by atoms with Crippen LogP contribution in [0.4, 0.5) is 0 Å². The van der Waals surface area contributed by atoms with Crippen LogP contribution in [-0.4, -0.2) is 35.1 Å². The number of para-hydroxylation sites is 1. The molecule has 0 aliphatic rings. The molecule has 2 aromatic carbocycles. The van der Waals surface area contributed by atoms with E-state index in [4.69, 9.17) is 4.74 Å².